The van der Waals surface area contributed by atoms with Crippen molar-refractivity contribution >= 4 is 23.3 Å². The summed E-state index contributed by atoms with van der Waals surface area (Å²) < 4.78 is 0. The van der Waals surface area contributed by atoms with Crippen LogP contribution in [0.4, 0.5) is 10.5 Å². The molecule has 20 heavy (non-hydrogen) atoms. The number of anilines is 1. The van der Waals surface area contributed by atoms with E-state index in [2.05, 4.69) is 10.3 Å². The molecule has 6 heteroatoms. The van der Waals surface area contributed by atoms with Gasteiger partial charge in [0.25, 0.3) is 0 Å². The number of halogens is 1. The normalized spacial score (nSPS) is 15.8. The number of carbonyl (C=O) groups is 1. The number of urea groups is 1. The van der Waals surface area contributed by atoms with E-state index in [-0.39, 0.29) is 11.2 Å². The highest BCUT2D eigenvalue weighted by Gasteiger charge is 2.31. The Morgan fingerprint density at radius 3 is 2.80 bits per heavy atom. The number of rotatable bonds is 4. The third-order valence-electron chi connectivity index (χ3n) is 3.51. The largest absolute Gasteiger partial charge is 0.391 e. The molecule has 1 aliphatic rings. The Balaban J connectivity index is 2.00. The van der Waals surface area contributed by atoms with Gasteiger partial charge in [-0.2, -0.15) is 0 Å². The number of hydrogen-bond acceptors (Lipinski definition) is 3. The molecule has 1 aromatic rings. The van der Waals surface area contributed by atoms with E-state index in [9.17, 15) is 9.90 Å². The Hall–Kier alpha value is -1.33. The second-order valence-corrected chi connectivity index (χ2v) is 5.82. The predicted octanol–water partition coefficient (Wildman–Crippen LogP) is 2.59. The molecule has 1 fully saturated rings. The Morgan fingerprint density at radius 1 is 1.60 bits per heavy atom. The van der Waals surface area contributed by atoms with E-state index in [0.717, 1.165) is 24.1 Å². The lowest BCUT2D eigenvalue weighted by molar-refractivity contribution is 0.117. The molecule has 1 aliphatic carbocycles. The lowest BCUT2D eigenvalue weighted by Crippen LogP contribution is -2.38. The van der Waals surface area contributed by atoms with Crippen molar-refractivity contribution in [1.82, 2.24) is 9.88 Å². The van der Waals surface area contributed by atoms with Gasteiger partial charge in [-0.05, 0) is 44.2 Å². The van der Waals surface area contributed by atoms with Crippen molar-refractivity contribution in [3.8, 4) is 0 Å². The van der Waals surface area contributed by atoms with Crippen LogP contribution in [0, 0.1) is 19.8 Å². The summed E-state index contributed by atoms with van der Waals surface area (Å²) in [6.45, 7) is 4.05. The zero-order chi connectivity index (χ0) is 14.9. The first-order valence-corrected chi connectivity index (χ1v) is 7.10. The molecule has 1 saturated carbocycles. The number of amides is 2. The van der Waals surface area contributed by atoms with Crippen molar-refractivity contribution in [2.45, 2.75) is 32.8 Å². The molecule has 0 saturated heterocycles. The van der Waals surface area contributed by atoms with Crippen LogP contribution in [0.3, 0.4) is 0 Å². The molecule has 2 N–H and O–H groups in total. The first-order chi connectivity index (χ1) is 9.38. The fourth-order valence-electron chi connectivity index (χ4n) is 2.14. The maximum Gasteiger partial charge on any atom is 0.321 e. The number of aliphatic hydroxyl groups is 1. The first-order valence-electron chi connectivity index (χ1n) is 6.72. The average Bonchev–Trinajstić information content (AvgIpc) is 3.17. The fourth-order valence-corrected chi connectivity index (χ4v) is 2.47. The number of nitrogens with zero attached hydrogens (tertiary/aromatic N) is 2. The van der Waals surface area contributed by atoms with Crippen molar-refractivity contribution in [3.05, 3.63) is 22.5 Å². The molecule has 2 rings (SSSR count). The number of pyridine rings is 1. The van der Waals surface area contributed by atoms with Gasteiger partial charge in [0, 0.05) is 19.3 Å². The summed E-state index contributed by atoms with van der Waals surface area (Å²) in [5.74, 6) is 0.344. The van der Waals surface area contributed by atoms with Crippen molar-refractivity contribution in [2.24, 2.45) is 5.92 Å². The minimum atomic E-state index is -0.446. The SMILES string of the molecule is Cc1cc(C)c(NC(=O)N(C)CC(O)C2CC2)c(Cl)n1. The van der Waals surface area contributed by atoms with E-state index in [4.69, 9.17) is 11.6 Å². The average molecular weight is 298 g/mol. The lowest BCUT2D eigenvalue weighted by atomic mass is 10.2. The molecule has 2 amide bonds. The summed E-state index contributed by atoms with van der Waals surface area (Å²) in [4.78, 5) is 17.7. The molecule has 0 bridgehead atoms. The zero-order valence-electron chi connectivity index (χ0n) is 12.0. The van der Waals surface area contributed by atoms with Crippen LogP contribution in [0.25, 0.3) is 0 Å². The zero-order valence-corrected chi connectivity index (χ0v) is 12.7. The molecule has 1 aromatic heterocycles. The van der Waals surface area contributed by atoms with Gasteiger partial charge >= 0.3 is 6.03 Å². The highest BCUT2D eigenvalue weighted by atomic mass is 35.5. The smallest absolute Gasteiger partial charge is 0.321 e. The number of aliphatic hydroxyl groups excluding tert-OH is 1. The van der Waals surface area contributed by atoms with Gasteiger partial charge < -0.3 is 15.3 Å². The number of nitrogens with one attached hydrogen (secondary N) is 1. The van der Waals surface area contributed by atoms with Gasteiger partial charge in [0.05, 0.1) is 11.8 Å². The van der Waals surface area contributed by atoms with Gasteiger partial charge in [0.2, 0.25) is 0 Å². The van der Waals surface area contributed by atoms with Crippen LogP contribution in [0.15, 0.2) is 6.07 Å². The van der Waals surface area contributed by atoms with Gasteiger partial charge in [-0.1, -0.05) is 11.6 Å². The molecule has 5 nitrogen and oxygen atoms in total. The van der Waals surface area contributed by atoms with E-state index in [1.165, 1.54) is 4.90 Å². The van der Waals surface area contributed by atoms with Crippen LogP contribution < -0.4 is 5.32 Å². The summed E-state index contributed by atoms with van der Waals surface area (Å²) in [6.07, 6.45) is 1.64. The second kappa shape index (κ2) is 5.97. The summed E-state index contributed by atoms with van der Waals surface area (Å²) in [5, 5.41) is 12.9. The van der Waals surface area contributed by atoms with Crippen molar-refractivity contribution in [1.29, 1.82) is 0 Å². The molecular formula is C14H20ClN3O2. The summed E-state index contributed by atoms with van der Waals surface area (Å²) >= 11 is 6.06. The fraction of sp³-hybridized carbons (Fsp3) is 0.571. The summed E-state index contributed by atoms with van der Waals surface area (Å²) in [7, 11) is 1.66. The quantitative estimate of drug-likeness (QED) is 0.840. The predicted molar refractivity (Wildman–Crippen MR) is 79.1 cm³/mol. The van der Waals surface area contributed by atoms with Crippen molar-refractivity contribution in [2.75, 3.05) is 18.9 Å². The second-order valence-electron chi connectivity index (χ2n) is 5.46. The van der Waals surface area contributed by atoms with E-state index in [1.54, 1.807) is 7.05 Å². The molecule has 0 radical (unpaired) electrons. The molecule has 1 unspecified atom stereocenters. The van der Waals surface area contributed by atoms with Gasteiger partial charge in [0.1, 0.15) is 0 Å². The summed E-state index contributed by atoms with van der Waals surface area (Å²) in [6, 6.07) is 1.57. The monoisotopic (exact) mass is 297 g/mol. The molecule has 0 aliphatic heterocycles. The van der Waals surface area contributed by atoms with Crippen LogP contribution >= 0.6 is 11.6 Å². The van der Waals surface area contributed by atoms with Crippen LogP contribution in [-0.2, 0) is 0 Å². The van der Waals surface area contributed by atoms with Crippen LogP contribution in [0.2, 0.25) is 5.15 Å². The van der Waals surface area contributed by atoms with E-state index in [0.29, 0.717) is 18.2 Å². The Kier molecular flexibility index (Phi) is 4.50. The van der Waals surface area contributed by atoms with E-state index < -0.39 is 6.10 Å². The third-order valence-corrected chi connectivity index (χ3v) is 3.78. The Morgan fingerprint density at radius 2 is 2.25 bits per heavy atom. The van der Waals surface area contributed by atoms with Crippen LogP contribution in [0.5, 0.6) is 0 Å². The molecule has 1 heterocycles. The maximum atomic E-state index is 12.1. The highest BCUT2D eigenvalue weighted by molar-refractivity contribution is 6.32. The lowest BCUT2D eigenvalue weighted by Gasteiger charge is -2.22. The minimum absolute atomic E-state index is 0.284. The van der Waals surface area contributed by atoms with Crippen molar-refractivity contribution < 1.29 is 9.90 Å². The molecule has 0 aromatic carbocycles. The number of aryl methyl sites for hydroxylation is 2. The Labute approximate surface area is 123 Å². The van der Waals surface area contributed by atoms with E-state index in [1.807, 2.05) is 19.9 Å². The summed E-state index contributed by atoms with van der Waals surface area (Å²) in [5.41, 5.74) is 2.20. The van der Waals surface area contributed by atoms with Crippen molar-refractivity contribution in [3.63, 3.8) is 0 Å². The van der Waals surface area contributed by atoms with Gasteiger partial charge in [-0.15, -0.1) is 0 Å². The first kappa shape index (κ1) is 15.1. The van der Waals surface area contributed by atoms with Gasteiger partial charge in [-0.25, -0.2) is 9.78 Å². The minimum Gasteiger partial charge on any atom is -0.391 e. The molecule has 110 valence electrons. The topological polar surface area (TPSA) is 65.5 Å². The number of carbonyl (C=O) groups excluding carboxylic acids is 1. The van der Waals surface area contributed by atoms with Gasteiger partial charge in [-0.3, -0.25) is 0 Å². The van der Waals surface area contributed by atoms with Crippen LogP contribution in [0.1, 0.15) is 24.1 Å². The number of aromatic nitrogens is 1. The third kappa shape index (κ3) is 3.61. The van der Waals surface area contributed by atoms with Gasteiger partial charge in [0.15, 0.2) is 5.15 Å². The maximum absolute atomic E-state index is 12.1. The van der Waals surface area contributed by atoms with E-state index >= 15 is 0 Å². The Bertz CT molecular complexity index is 494. The molecular weight excluding hydrogens is 278 g/mol. The highest BCUT2D eigenvalue weighted by Crippen LogP contribution is 2.32. The standard InChI is InChI=1S/C14H20ClN3O2/c1-8-6-9(2)16-13(15)12(8)17-14(20)18(3)7-11(19)10-4-5-10/h6,10-11,19H,4-5,7H2,1-3H3,(H,17,20). The van der Waals surface area contributed by atoms with Crippen LogP contribution in [-0.4, -0.2) is 40.7 Å². The number of likely N-dealkylation sites (N-methyl/N-ethyl adjacent to an activating group) is 1. The molecule has 0 spiro atoms. The number of hydrogen-bond donors (Lipinski definition) is 2. The molecule has 1 atom stereocenters.